The third kappa shape index (κ3) is 5.73. The number of para-hydroxylation sites is 1. The van der Waals surface area contributed by atoms with Crippen molar-refractivity contribution in [2.75, 3.05) is 33.3 Å². The van der Waals surface area contributed by atoms with Crippen LogP contribution in [0.25, 0.3) is 0 Å². The SMILES string of the molecule is CN1CCOc2ccccc2CCCCCC2(CCN(C(=O)c3ccc(Cn4ccnc4)o3)CC2)C1=O. The van der Waals surface area contributed by atoms with Crippen molar-refractivity contribution >= 4 is 11.8 Å². The van der Waals surface area contributed by atoms with E-state index in [4.69, 9.17) is 9.15 Å². The summed E-state index contributed by atoms with van der Waals surface area (Å²) in [5, 5.41) is 0. The van der Waals surface area contributed by atoms with E-state index in [1.807, 2.05) is 45.8 Å². The molecule has 0 saturated carbocycles. The normalized spacial score (nSPS) is 18.9. The number of fused-ring (bicyclic) bond motifs is 1. The zero-order valence-corrected chi connectivity index (χ0v) is 21.6. The van der Waals surface area contributed by atoms with Gasteiger partial charge in [-0.2, -0.15) is 0 Å². The number of piperidine rings is 1. The highest BCUT2D eigenvalue weighted by Crippen LogP contribution is 2.39. The summed E-state index contributed by atoms with van der Waals surface area (Å²) in [7, 11) is 1.88. The van der Waals surface area contributed by atoms with Gasteiger partial charge in [0.15, 0.2) is 5.76 Å². The van der Waals surface area contributed by atoms with Crippen molar-refractivity contribution in [2.45, 2.75) is 51.5 Å². The summed E-state index contributed by atoms with van der Waals surface area (Å²) in [6, 6.07) is 11.8. The Balaban J connectivity index is 1.22. The van der Waals surface area contributed by atoms with Gasteiger partial charge in [0.2, 0.25) is 5.91 Å². The predicted octanol–water partition coefficient (Wildman–Crippen LogP) is 4.40. The fourth-order valence-corrected chi connectivity index (χ4v) is 5.61. The topological polar surface area (TPSA) is 80.8 Å². The van der Waals surface area contributed by atoms with Crippen LogP contribution in [0.4, 0.5) is 0 Å². The minimum Gasteiger partial charge on any atom is -0.491 e. The number of amides is 2. The van der Waals surface area contributed by atoms with Crippen LogP contribution in [-0.4, -0.2) is 64.5 Å². The molecule has 5 rings (SSSR count). The van der Waals surface area contributed by atoms with Gasteiger partial charge in [0.25, 0.3) is 5.91 Å². The molecule has 2 amide bonds. The summed E-state index contributed by atoms with van der Waals surface area (Å²) in [6.07, 6.45) is 11.6. The third-order valence-electron chi connectivity index (χ3n) is 7.84. The molecule has 3 aromatic rings. The molecule has 0 unspecified atom stereocenters. The van der Waals surface area contributed by atoms with Gasteiger partial charge in [-0.3, -0.25) is 9.59 Å². The first-order valence-electron chi connectivity index (χ1n) is 13.3. The Morgan fingerprint density at radius 2 is 1.86 bits per heavy atom. The van der Waals surface area contributed by atoms with Crippen LogP contribution in [0.15, 0.2) is 59.5 Å². The molecule has 0 aliphatic carbocycles. The number of benzene rings is 1. The van der Waals surface area contributed by atoms with Crippen LogP contribution in [0, 0.1) is 5.41 Å². The molecule has 2 aliphatic heterocycles. The van der Waals surface area contributed by atoms with Crippen molar-refractivity contribution in [1.82, 2.24) is 19.4 Å². The first kappa shape index (κ1) is 25.1. The van der Waals surface area contributed by atoms with Crippen LogP contribution in [0.2, 0.25) is 0 Å². The lowest BCUT2D eigenvalue weighted by atomic mass is 9.73. The molecule has 37 heavy (non-hydrogen) atoms. The second-order valence-corrected chi connectivity index (χ2v) is 10.3. The average Bonchev–Trinajstić information content (AvgIpc) is 3.61. The molecule has 2 aliphatic rings. The van der Waals surface area contributed by atoms with Crippen LogP contribution >= 0.6 is 0 Å². The highest BCUT2D eigenvalue weighted by Gasteiger charge is 2.43. The number of hydrogen-bond acceptors (Lipinski definition) is 5. The van der Waals surface area contributed by atoms with Crippen LogP contribution in [0.1, 0.15) is 60.4 Å². The largest absolute Gasteiger partial charge is 0.491 e. The van der Waals surface area contributed by atoms with Gasteiger partial charge in [0.1, 0.15) is 18.1 Å². The molecule has 0 N–H and O–H groups in total. The summed E-state index contributed by atoms with van der Waals surface area (Å²) < 4.78 is 13.8. The predicted molar refractivity (Wildman–Crippen MR) is 139 cm³/mol. The molecular formula is C29H36N4O4. The smallest absolute Gasteiger partial charge is 0.289 e. The fraction of sp³-hybridized carbons (Fsp3) is 0.483. The lowest BCUT2D eigenvalue weighted by Crippen LogP contribution is -2.51. The molecule has 1 fully saturated rings. The van der Waals surface area contributed by atoms with Crippen LogP contribution in [-0.2, 0) is 17.8 Å². The Labute approximate surface area is 218 Å². The maximum Gasteiger partial charge on any atom is 0.289 e. The van der Waals surface area contributed by atoms with Crippen molar-refractivity contribution in [1.29, 1.82) is 0 Å². The second-order valence-electron chi connectivity index (χ2n) is 10.3. The lowest BCUT2D eigenvalue weighted by molar-refractivity contribution is -0.144. The summed E-state index contributed by atoms with van der Waals surface area (Å²) >= 11 is 0. The molecule has 0 atom stereocenters. The molecule has 0 bridgehead atoms. The van der Waals surface area contributed by atoms with Gasteiger partial charge >= 0.3 is 0 Å². The molecular weight excluding hydrogens is 468 g/mol. The molecule has 196 valence electrons. The van der Waals surface area contributed by atoms with Crippen LogP contribution < -0.4 is 4.74 Å². The Bertz CT molecular complexity index is 1190. The molecule has 1 aromatic carbocycles. The number of imidazole rings is 1. The number of carbonyl (C=O) groups excluding carboxylic acids is 2. The summed E-state index contributed by atoms with van der Waals surface area (Å²) in [5.74, 6) is 2.06. The molecule has 8 heteroatoms. The lowest BCUT2D eigenvalue weighted by Gasteiger charge is -2.42. The minimum atomic E-state index is -0.428. The molecule has 2 aromatic heterocycles. The molecule has 1 saturated heterocycles. The van der Waals surface area contributed by atoms with E-state index < -0.39 is 5.41 Å². The van der Waals surface area contributed by atoms with E-state index in [2.05, 4.69) is 17.1 Å². The highest BCUT2D eigenvalue weighted by molar-refractivity contribution is 5.92. The van der Waals surface area contributed by atoms with E-state index in [-0.39, 0.29) is 11.8 Å². The Hall–Kier alpha value is -3.55. The number of furan rings is 1. The number of aromatic nitrogens is 2. The number of rotatable bonds is 3. The van der Waals surface area contributed by atoms with Gasteiger partial charge < -0.3 is 23.5 Å². The van der Waals surface area contributed by atoms with Crippen molar-refractivity contribution < 1.29 is 18.7 Å². The van der Waals surface area contributed by atoms with Gasteiger partial charge in [-0.15, -0.1) is 0 Å². The summed E-state index contributed by atoms with van der Waals surface area (Å²) in [6.45, 7) is 2.66. The first-order chi connectivity index (χ1) is 18.0. The van der Waals surface area contributed by atoms with Gasteiger partial charge in [-0.05, 0) is 55.9 Å². The van der Waals surface area contributed by atoms with Gasteiger partial charge in [0, 0.05) is 32.5 Å². The number of carbonyl (C=O) groups is 2. The molecule has 4 heterocycles. The Kier molecular flexibility index (Phi) is 7.63. The maximum atomic E-state index is 13.7. The minimum absolute atomic E-state index is 0.108. The van der Waals surface area contributed by atoms with Crippen molar-refractivity contribution in [3.63, 3.8) is 0 Å². The van der Waals surface area contributed by atoms with E-state index in [0.717, 1.165) is 37.9 Å². The Morgan fingerprint density at radius 3 is 2.68 bits per heavy atom. The number of likely N-dealkylation sites (N-methyl/N-ethyl adjacent to an activating group) is 1. The number of likely N-dealkylation sites (tertiary alicyclic amines) is 1. The second kappa shape index (κ2) is 11.2. The molecule has 0 radical (unpaired) electrons. The van der Waals surface area contributed by atoms with Gasteiger partial charge in [0.05, 0.1) is 24.8 Å². The van der Waals surface area contributed by atoms with E-state index in [1.54, 1.807) is 18.6 Å². The van der Waals surface area contributed by atoms with E-state index in [0.29, 0.717) is 57.1 Å². The monoisotopic (exact) mass is 504 g/mol. The van der Waals surface area contributed by atoms with Gasteiger partial charge in [-0.1, -0.05) is 31.0 Å². The van der Waals surface area contributed by atoms with Crippen LogP contribution in [0.3, 0.4) is 0 Å². The Morgan fingerprint density at radius 1 is 1.03 bits per heavy atom. The number of hydrogen-bond donors (Lipinski definition) is 0. The molecule has 8 nitrogen and oxygen atoms in total. The molecule has 1 spiro atoms. The van der Waals surface area contributed by atoms with E-state index >= 15 is 0 Å². The quantitative estimate of drug-likeness (QED) is 0.528. The number of aryl methyl sites for hydroxylation is 1. The van der Waals surface area contributed by atoms with Gasteiger partial charge in [-0.25, -0.2) is 4.98 Å². The number of ether oxygens (including phenoxy) is 1. The van der Waals surface area contributed by atoms with Crippen molar-refractivity contribution in [3.8, 4) is 5.75 Å². The zero-order valence-electron chi connectivity index (χ0n) is 21.6. The average molecular weight is 505 g/mol. The zero-order chi connectivity index (χ0) is 25.7. The standard InChI is InChI=1S/C29H36N4O4/c1-31-19-20-36-25-9-5-4-8-23(25)7-3-2-6-12-29(28(31)35)13-16-33(17-14-29)27(34)26-11-10-24(37-26)21-32-18-15-30-22-32/h4-5,8-11,15,18,22H,2-3,6-7,12-14,16-17,19-21H2,1H3. The summed E-state index contributed by atoms with van der Waals surface area (Å²) in [4.78, 5) is 34.6. The van der Waals surface area contributed by atoms with E-state index in [1.165, 1.54) is 5.56 Å². The highest BCUT2D eigenvalue weighted by atomic mass is 16.5. The summed E-state index contributed by atoms with van der Waals surface area (Å²) in [5.41, 5.74) is 0.811. The number of nitrogens with zero attached hydrogens (tertiary/aromatic N) is 4. The third-order valence-corrected chi connectivity index (χ3v) is 7.84. The first-order valence-corrected chi connectivity index (χ1v) is 13.3. The fourth-order valence-electron chi connectivity index (χ4n) is 5.61. The van der Waals surface area contributed by atoms with Crippen LogP contribution in [0.5, 0.6) is 5.75 Å². The van der Waals surface area contributed by atoms with Crippen molar-refractivity contribution in [2.24, 2.45) is 5.41 Å². The maximum absolute atomic E-state index is 13.7. The van der Waals surface area contributed by atoms with Crippen molar-refractivity contribution in [3.05, 3.63) is 72.2 Å². The van der Waals surface area contributed by atoms with E-state index in [9.17, 15) is 9.59 Å².